The Hall–Kier alpha value is -2.24. The highest BCUT2D eigenvalue weighted by Gasteiger charge is 2.28. The van der Waals surface area contributed by atoms with Gasteiger partial charge in [0.15, 0.2) is 6.61 Å². The van der Waals surface area contributed by atoms with Crippen molar-refractivity contribution in [2.75, 3.05) is 13.2 Å². The predicted octanol–water partition coefficient (Wildman–Crippen LogP) is 4.32. The maximum Gasteiger partial charge on any atom is 0.261 e. The third-order valence-corrected chi connectivity index (χ3v) is 4.76. The van der Waals surface area contributed by atoms with Crippen molar-refractivity contribution >= 4 is 35.0 Å². The van der Waals surface area contributed by atoms with Crippen LogP contribution in [-0.2, 0) is 16.1 Å². The van der Waals surface area contributed by atoms with Gasteiger partial charge in [0.1, 0.15) is 11.8 Å². The molecule has 150 valence electrons. The van der Waals surface area contributed by atoms with Gasteiger partial charge in [0.2, 0.25) is 5.91 Å². The van der Waals surface area contributed by atoms with Crippen molar-refractivity contribution in [2.45, 2.75) is 32.9 Å². The van der Waals surface area contributed by atoms with Gasteiger partial charge >= 0.3 is 0 Å². The topological polar surface area (TPSA) is 58.6 Å². The number of ether oxygens (including phenoxy) is 1. The maximum atomic E-state index is 13.0. The van der Waals surface area contributed by atoms with Crippen molar-refractivity contribution in [2.24, 2.45) is 0 Å². The molecule has 5 nitrogen and oxygen atoms in total. The van der Waals surface area contributed by atoms with E-state index in [0.29, 0.717) is 28.8 Å². The number of amides is 2. The molecule has 0 aliphatic carbocycles. The number of nitrogens with zero attached hydrogens (tertiary/aromatic N) is 1. The van der Waals surface area contributed by atoms with E-state index in [2.05, 4.69) is 5.32 Å². The second-order valence-electron chi connectivity index (χ2n) is 6.19. The number of carbonyl (C=O) groups excluding carboxylic acids is 2. The molecule has 0 fully saturated rings. The molecule has 0 aliphatic heterocycles. The van der Waals surface area contributed by atoms with Gasteiger partial charge in [-0.3, -0.25) is 9.59 Å². The zero-order chi connectivity index (χ0) is 20.5. The largest absolute Gasteiger partial charge is 0.482 e. The summed E-state index contributed by atoms with van der Waals surface area (Å²) in [5.74, 6) is -0.0620. The van der Waals surface area contributed by atoms with E-state index in [1.165, 1.54) is 4.90 Å². The van der Waals surface area contributed by atoms with Gasteiger partial charge in [-0.25, -0.2) is 0 Å². The molecule has 1 N–H and O–H groups in total. The lowest BCUT2D eigenvalue weighted by Gasteiger charge is -2.30. The van der Waals surface area contributed by atoms with Gasteiger partial charge in [-0.15, -0.1) is 0 Å². The summed E-state index contributed by atoms with van der Waals surface area (Å²) in [7, 11) is 0. The number of nitrogens with one attached hydrogen (secondary N) is 1. The number of hydrogen-bond donors (Lipinski definition) is 1. The fourth-order valence-corrected chi connectivity index (χ4v) is 3.10. The van der Waals surface area contributed by atoms with Crippen molar-refractivity contribution in [3.63, 3.8) is 0 Å². The Morgan fingerprint density at radius 2 is 1.75 bits per heavy atom. The van der Waals surface area contributed by atoms with Crippen LogP contribution in [0.15, 0.2) is 48.5 Å². The van der Waals surface area contributed by atoms with E-state index in [4.69, 9.17) is 27.9 Å². The van der Waals surface area contributed by atoms with Crippen LogP contribution >= 0.6 is 23.2 Å². The van der Waals surface area contributed by atoms with Crippen molar-refractivity contribution in [1.82, 2.24) is 10.2 Å². The SMILES string of the molecule is CCNC(=O)[C@H](CC)N(Cc1ccc(Cl)cc1)C(=O)COc1ccccc1Cl. The van der Waals surface area contributed by atoms with Crippen LogP contribution in [0.25, 0.3) is 0 Å². The summed E-state index contributed by atoms with van der Waals surface area (Å²) in [6, 6.07) is 13.5. The predicted molar refractivity (Wildman–Crippen MR) is 112 cm³/mol. The van der Waals surface area contributed by atoms with Gasteiger partial charge in [-0.2, -0.15) is 0 Å². The third kappa shape index (κ3) is 6.14. The zero-order valence-corrected chi connectivity index (χ0v) is 17.5. The Morgan fingerprint density at radius 1 is 1.07 bits per heavy atom. The summed E-state index contributed by atoms with van der Waals surface area (Å²) in [6.45, 7) is 4.27. The highest BCUT2D eigenvalue weighted by atomic mass is 35.5. The van der Waals surface area contributed by atoms with E-state index in [1.807, 2.05) is 26.0 Å². The van der Waals surface area contributed by atoms with Crippen molar-refractivity contribution < 1.29 is 14.3 Å². The highest BCUT2D eigenvalue weighted by Crippen LogP contribution is 2.23. The standard InChI is InChI=1S/C21H24Cl2N2O3/c1-3-18(21(27)24-4-2)25(13-15-9-11-16(22)12-10-15)20(26)14-28-19-8-6-5-7-17(19)23/h5-12,18H,3-4,13-14H2,1-2H3,(H,24,27)/t18-/m0/s1. The molecular weight excluding hydrogens is 399 g/mol. The molecule has 0 unspecified atom stereocenters. The number of carbonyl (C=O) groups is 2. The lowest BCUT2D eigenvalue weighted by Crippen LogP contribution is -2.50. The summed E-state index contributed by atoms with van der Waals surface area (Å²) in [4.78, 5) is 27.0. The van der Waals surface area contributed by atoms with Gasteiger partial charge in [0, 0.05) is 18.1 Å². The van der Waals surface area contributed by atoms with Gasteiger partial charge in [-0.1, -0.05) is 54.4 Å². The van der Waals surface area contributed by atoms with E-state index >= 15 is 0 Å². The summed E-state index contributed by atoms with van der Waals surface area (Å²) >= 11 is 12.0. The first kappa shape index (κ1) is 22.1. The summed E-state index contributed by atoms with van der Waals surface area (Å²) < 4.78 is 5.59. The molecule has 0 aliphatic rings. The molecule has 0 heterocycles. The normalized spacial score (nSPS) is 11.6. The van der Waals surface area contributed by atoms with Crippen LogP contribution < -0.4 is 10.1 Å². The summed E-state index contributed by atoms with van der Waals surface area (Å²) in [5.41, 5.74) is 0.873. The van der Waals surface area contributed by atoms with Crippen LogP contribution in [-0.4, -0.2) is 35.9 Å². The number of hydrogen-bond acceptors (Lipinski definition) is 3. The van der Waals surface area contributed by atoms with Crippen LogP contribution in [0.5, 0.6) is 5.75 Å². The van der Waals surface area contributed by atoms with E-state index in [-0.39, 0.29) is 25.0 Å². The molecule has 0 spiro atoms. The summed E-state index contributed by atoms with van der Waals surface area (Å²) in [5, 5.41) is 3.83. The lowest BCUT2D eigenvalue weighted by molar-refractivity contribution is -0.142. The minimum Gasteiger partial charge on any atom is -0.482 e. The fourth-order valence-electron chi connectivity index (χ4n) is 2.78. The van der Waals surface area contributed by atoms with Gasteiger partial charge in [-0.05, 0) is 43.2 Å². The number of rotatable bonds is 9. The Balaban J connectivity index is 2.19. The van der Waals surface area contributed by atoms with E-state index in [1.54, 1.807) is 36.4 Å². The molecule has 1 atom stereocenters. The lowest BCUT2D eigenvalue weighted by atomic mass is 10.1. The minimum atomic E-state index is -0.599. The van der Waals surface area contributed by atoms with Crippen LogP contribution in [0.1, 0.15) is 25.8 Å². The summed E-state index contributed by atoms with van der Waals surface area (Å²) in [6.07, 6.45) is 0.483. The second kappa shape index (κ2) is 10.9. The molecule has 0 bridgehead atoms. The van der Waals surface area contributed by atoms with Crippen LogP contribution in [0, 0.1) is 0 Å². The van der Waals surface area contributed by atoms with E-state index < -0.39 is 6.04 Å². The van der Waals surface area contributed by atoms with Crippen molar-refractivity contribution in [3.8, 4) is 5.75 Å². The smallest absolute Gasteiger partial charge is 0.261 e. The van der Waals surface area contributed by atoms with Crippen molar-refractivity contribution in [1.29, 1.82) is 0 Å². The van der Waals surface area contributed by atoms with Crippen molar-refractivity contribution in [3.05, 3.63) is 64.1 Å². The number of para-hydroxylation sites is 1. The molecule has 7 heteroatoms. The maximum absolute atomic E-state index is 13.0. The molecule has 0 saturated carbocycles. The Morgan fingerprint density at radius 3 is 2.36 bits per heavy atom. The molecule has 0 radical (unpaired) electrons. The Kier molecular flexibility index (Phi) is 8.61. The quantitative estimate of drug-likeness (QED) is 0.654. The molecule has 0 aromatic heterocycles. The molecule has 2 aromatic carbocycles. The molecule has 2 rings (SSSR count). The van der Waals surface area contributed by atoms with E-state index in [0.717, 1.165) is 5.56 Å². The number of benzene rings is 2. The number of halogens is 2. The first-order chi connectivity index (χ1) is 13.5. The average molecular weight is 423 g/mol. The molecular formula is C21H24Cl2N2O3. The van der Waals surface area contributed by atoms with Gasteiger partial charge in [0.05, 0.1) is 5.02 Å². The highest BCUT2D eigenvalue weighted by molar-refractivity contribution is 6.32. The van der Waals surface area contributed by atoms with Crippen LogP contribution in [0.4, 0.5) is 0 Å². The molecule has 2 amide bonds. The first-order valence-electron chi connectivity index (χ1n) is 9.15. The van der Waals surface area contributed by atoms with Gasteiger partial charge < -0.3 is 15.0 Å². The zero-order valence-electron chi connectivity index (χ0n) is 16.0. The van der Waals surface area contributed by atoms with Crippen LogP contribution in [0.3, 0.4) is 0 Å². The van der Waals surface area contributed by atoms with E-state index in [9.17, 15) is 9.59 Å². The second-order valence-corrected chi connectivity index (χ2v) is 7.03. The monoisotopic (exact) mass is 422 g/mol. The number of likely N-dealkylation sites (N-methyl/N-ethyl adjacent to an activating group) is 1. The Bertz CT molecular complexity index is 796. The molecule has 28 heavy (non-hydrogen) atoms. The molecule has 0 saturated heterocycles. The third-order valence-electron chi connectivity index (χ3n) is 4.19. The fraction of sp³-hybridized carbons (Fsp3) is 0.333. The van der Waals surface area contributed by atoms with Crippen LogP contribution in [0.2, 0.25) is 10.0 Å². The average Bonchev–Trinajstić information content (AvgIpc) is 2.68. The minimum absolute atomic E-state index is 0.190. The first-order valence-corrected chi connectivity index (χ1v) is 9.90. The Labute approximate surface area is 175 Å². The van der Waals surface area contributed by atoms with Gasteiger partial charge in [0.25, 0.3) is 5.91 Å². The molecule has 2 aromatic rings.